The third-order valence-corrected chi connectivity index (χ3v) is 3.38. The van der Waals surface area contributed by atoms with Crippen LogP contribution in [0.15, 0.2) is 46.9 Å². The molecule has 0 atom stereocenters. The minimum absolute atomic E-state index is 0.183. The Labute approximate surface area is 123 Å². The van der Waals surface area contributed by atoms with Crippen molar-refractivity contribution in [2.24, 2.45) is 0 Å². The highest BCUT2D eigenvalue weighted by atomic mass is 79.9. The lowest BCUT2D eigenvalue weighted by atomic mass is 10.1. The first-order valence-electron chi connectivity index (χ1n) is 5.47. The molecule has 5 heteroatoms. The van der Waals surface area contributed by atoms with Gasteiger partial charge in [0, 0.05) is 10.6 Å². The van der Waals surface area contributed by atoms with E-state index in [0.717, 1.165) is 4.47 Å². The number of carboxylic acid groups (broad SMARTS) is 1. The standard InChI is InChI=1S/C14H10BrClO3/c15-12-7-10(16)5-6-13(12)19-8-9-3-1-2-4-11(9)14(17)18/h1-7H,8H2,(H,17,18). The maximum absolute atomic E-state index is 11.1. The normalized spacial score (nSPS) is 10.2. The Bertz CT molecular complexity index is 613. The number of hydrogen-bond acceptors (Lipinski definition) is 2. The van der Waals surface area contributed by atoms with Gasteiger partial charge in [0.05, 0.1) is 10.0 Å². The van der Waals surface area contributed by atoms with E-state index in [9.17, 15) is 4.79 Å². The molecule has 0 aliphatic rings. The first-order valence-corrected chi connectivity index (χ1v) is 6.64. The Morgan fingerprint density at radius 1 is 1.26 bits per heavy atom. The Kier molecular flexibility index (Phi) is 4.45. The summed E-state index contributed by atoms with van der Waals surface area (Å²) >= 11 is 9.18. The molecule has 0 bridgehead atoms. The Balaban J connectivity index is 2.17. The van der Waals surface area contributed by atoms with Crippen LogP contribution in [0.3, 0.4) is 0 Å². The quantitative estimate of drug-likeness (QED) is 0.897. The first kappa shape index (κ1) is 13.9. The highest BCUT2D eigenvalue weighted by molar-refractivity contribution is 9.10. The van der Waals surface area contributed by atoms with Crippen LogP contribution in [0.2, 0.25) is 5.02 Å². The van der Waals surface area contributed by atoms with Gasteiger partial charge in [0.15, 0.2) is 0 Å². The predicted molar refractivity (Wildman–Crippen MR) is 76.9 cm³/mol. The number of carboxylic acids is 1. The number of rotatable bonds is 4. The van der Waals surface area contributed by atoms with Crippen molar-refractivity contribution in [2.75, 3.05) is 0 Å². The zero-order valence-electron chi connectivity index (χ0n) is 9.77. The molecule has 0 aliphatic heterocycles. The molecule has 0 fully saturated rings. The highest BCUT2D eigenvalue weighted by Crippen LogP contribution is 2.28. The van der Waals surface area contributed by atoms with E-state index in [2.05, 4.69) is 15.9 Å². The van der Waals surface area contributed by atoms with Gasteiger partial charge >= 0.3 is 5.97 Å². The minimum atomic E-state index is -0.964. The van der Waals surface area contributed by atoms with E-state index in [1.165, 1.54) is 0 Å². The molecule has 0 aromatic heterocycles. The molecule has 0 saturated carbocycles. The molecule has 0 amide bonds. The van der Waals surface area contributed by atoms with E-state index >= 15 is 0 Å². The fourth-order valence-electron chi connectivity index (χ4n) is 1.60. The summed E-state index contributed by atoms with van der Waals surface area (Å²) in [4.78, 5) is 11.1. The summed E-state index contributed by atoms with van der Waals surface area (Å²) in [5, 5.41) is 9.67. The Morgan fingerprint density at radius 3 is 2.68 bits per heavy atom. The van der Waals surface area contributed by atoms with Crippen LogP contribution < -0.4 is 4.74 Å². The number of ether oxygens (including phenoxy) is 1. The molecular weight excluding hydrogens is 332 g/mol. The molecule has 2 aromatic carbocycles. The number of carbonyl (C=O) groups is 1. The van der Waals surface area contributed by atoms with Crippen molar-refractivity contribution in [1.29, 1.82) is 0 Å². The lowest BCUT2D eigenvalue weighted by molar-refractivity contribution is 0.0694. The fourth-order valence-corrected chi connectivity index (χ4v) is 2.40. The summed E-state index contributed by atoms with van der Waals surface area (Å²) in [6.45, 7) is 0.183. The number of hydrogen-bond donors (Lipinski definition) is 1. The van der Waals surface area contributed by atoms with Crippen molar-refractivity contribution in [3.05, 3.63) is 63.1 Å². The van der Waals surface area contributed by atoms with Gasteiger partial charge in [-0.1, -0.05) is 29.8 Å². The molecule has 0 spiro atoms. The average molecular weight is 342 g/mol. The molecule has 0 aliphatic carbocycles. The lowest BCUT2D eigenvalue weighted by Gasteiger charge is -2.10. The number of aromatic carboxylic acids is 1. The molecule has 2 rings (SSSR count). The largest absolute Gasteiger partial charge is 0.488 e. The maximum atomic E-state index is 11.1. The second-order valence-electron chi connectivity index (χ2n) is 3.83. The van der Waals surface area contributed by atoms with Gasteiger partial charge in [0.2, 0.25) is 0 Å². The molecule has 0 unspecified atom stereocenters. The fraction of sp³-hybridized carbons (Fsp3) is 0.0714. The zero-order valence-corrected chi connectivity index (χ0v) is 12.1. The summed E-state index contributed by atoms with van der Waals surface area (Å²) in [7, 11) is 0. The number of benzene rings is 2. The maximum Gasteiger partial charge on any atom is 0.336 e. The molecule has 2 aromatic rings. The van der Waals surface area contributed by atoms with Crippen molar-refractivity contribution in [2.45, 2.75) is 6.61 Å². The molecule has 19 heavy (non-hydrogen) atoms. The summed E-state index contributed by atoms with van der Waals surface area (Å²) in [6.07, 6.45) is 0. The van der Waals surface area contributed by atoms with E-state index in [-0.39, 0.29) is 12.2 Å². The zero-order chi connectivity index (χ0) is 13.8. The van der Waals surface area contributed by atoms with Gasteiger partial charge in [-0.3, -0.25) is 0 Å². The van der Waals surface area contributed by atoms with Crippen LogP contribution in [-0.2, 0) is 6.61 Å². The van der Waals surface area contributed by atoms with Gasteiger partial charge in [-0.2, -0.15) is 0 Å². The average Bonchev–Trinajstić information content (AvgIpc) is 2.38. The summed E-state index contributed by atoms with van der Waals surface area (Å²) in [5.41, 5.74) is 0.865. The third kappa shape index (κ3) is 3.49. The van der Waals surface area contributed by atoms with E-state index in [1.54, 1.807) is 42.5 Å². The van der Waals surface area contributed by atoms with Crippen molar-refractivity contribution in [3.8, 4) is 5.75 Å². The van der Waals surface area contributed by atoms with Gasteiger partial charge in [-0.15, -0.1) is 0 Å². The molecule has 1 N–H and O–H groups in total. The van der Waals surface area contributed by atoms with Gasteiger partial charge in [-0.25, -0.2) is 4.79 Å². The number of halogens is 2. The van der Waals surface area contributed by atoms with Crippen LogP contribution in [0.4, 0.5) is 0 Å². The van der Waals surface area contributed by atoms with Crippen LogP contribution >= 0.6 is 27.5 Å². The molecule has 98 valence electrons. The van der Waals surface area contributed by atoms with Gasteiger partial charge in [-0.05, 0) is 40.2 Å². The summed E-state index contributed by atoms with van der Waals surface area (Å²) in [6, 6.07) is 11.9. The molecule has 0 radical (unpaired) electrons. The van der Waals surface area contributed by atoms with E-state index < -0.39 is 5.97 Å². The van der Waals surface area contributed by atoms with Crippen molar-refractivity contribution in [1.82, 2.24) is 0 Å². The Hall–Kier alpha value is -1.52. The first-order chi connectivity index (χ1) is 9.08. The van der Waals surface area contributed by atoms with Crippen molar-refractivity contribution in [3.63, 3.8) is 0 Å². The van der Waals surface area contributed by atoms with Crippen LogP contribution in [-0.4, -0.2) is 11.1 Å². The predicted octanol–water partition coefficient (Wildman–Crippen LogP) is 4.38. The van der Waals surface area contributed by atoms with E-state index in [1.807, 2.05) is 0 Å². The minimum Gasteiger partial charge on any atom is -0.488 e. The van der Waals surface area contributed by atoms with Gasteiger partial charge in [0.25, 0.3) is 0 Å². The molecule has 3 nitrogen and oxygen atoms in total. The van der Waals surface area contributed by atoms with Crippen LogP contribution in [0.25, 0.3) is 0 Å². The monoisotopic (exact) mass is 340 g/mol. The van der Waals surface area contributed by atoms with Gasteiger partial charge < -0.3 is 9.84 Å². The highest BCUT2D eigenvalue weighted by Gasteiger charge is 2.10. The molecule has 0 saturated heterocycles. The van der Waals surface area contributed by atoms with Gasteiger partial charge in [0.1, 0.15) is 12.4 Å². The molecule has 0 heterocycles. The SMILES string of the molecule is O=C(O)c1ccccc1COc1ccc(Cl)cc1Br. The Morgan fingerprint density at radius 2 is 2.00 bits per heavy atom. The molecular formula is C14H10BrClO3. The summed E-state index contributed by atoms with van der Waals surface area (Å²) < 4.78 is 6.33. The van der Waals surface area contributed by atoms with Crippen molar-refractivity contribution < 1.29 is 14.6 Å². The van der Waals surface area contributed by atoms with E-state index in [4.69, 9.17) is 21.4 Å². The second kappa shape index (κ2) is 6.08. The van der Waals surface area contributed by atoms with Crippen LogP contribution in [0, 0.1) is 0 Å². The topological polar surface area (TPSA) is 46.5 Å². The second-order valence-corrected chi connectivity index (χ2v) is 5.12. The van der Waals surface area contributed by atoms with E-state index in [0.29, 0.717) is 16.3 Å². The van der Waals surface area contributed by atoms with Crippen LogP contribution in [0.5, 0.6) is 5.75 Å². The smallest absolute Gasteiger partial charge is 0.336 e. The lowest BCUT2D eigenvalue weighted by Crippen LogP contribution is -2.05. The van der Waals surface area contributed by atoms with Crippen molar-refractivity contribution >= 4 is 33.5 Å². The summed E-state index contributed by atoms with van der Waals surface area (Å²) in [5.74, 6) is -0.348. The van der Waals surface area contributed by atoms with Crippen LogP contribution in [0.1, 0.15) is 15.9 Å². The third-order valence-electron chi connectivity index (χ3n) is 2.52.